The Kier molecular flexibility index (Phi) is 12.6. The number of hydrogen-bond acceptors (Lipinski definition) is 10. The average Bonchev–Trinajstić information content (AvgIpc) is 3.90. The van der Waals surface area contributed by atoms with Crippen molar-refractivity contribution in [2.24, 2.45) is 23.2 Å². The molecular formula is C49H58F2N8O7. The van der Waals surface area contributed by atoms with Gasteiger partial charge in [0.2, 0.25) is 5.91 Å². The minimum absolute atomic E-state index is 0.0223. The average molecular weight is 909 g/mol. The number of amides is 3. The molecule has 2 saturated carbocycles. The molecule has 1 unspecified atom stereocenters. The molecule has 3 amide bonds. The van der Waals surface area contributed by atoms with Gasteiger partial charge in [0.05, 0.1) is 62.7 Å². The highest BCUT2D eigenvalue weighted by Gasteiger charge is 2.56. The molecule has 8 atom stereocenters. The van der Waals surface area contributed by atoms with Crippen LogP contribution in [0.15, 0.2) is 73.1 Å². The van der Waals surface area contributed by atoms with Crippen LogP contribution in [-0.2, 0) is 19.0 Å². The van der Waals surface area contributed by atoms with Crippen LogP contribution in [0.2, 0.25) is 0 Å². The lowest BCUT2D eigenvalue weighted by Crippen LogP contribution is -2.54. The highest BCUT2D eigenvalue weighted by Crippen LogP contribution is 2.59. The third-order valence-corrected chi connectivity index (χ3v) is 14.5. The molecule has 15 nitrogen and oxygen atoms in total. The number of imidazole rings is 2. The van der Waals surface area contributed by atoms with Crippen molar-refractivity contribution in [1.29, 1.82) is 0 Å². The lowest BCUT2D eigenvalue weighted by atomic mass is 9.92. The van der Waals surface area contributed by atoms with Crippen LogP contribution in [-0.4, -0.2) is 111 Å². The van der Waals surface area contributed by atoms with Crippen LogP contribution in [0, 0.1) is 23.2 Å². The normalized spacial score (nSPS) is 23.4. The number of alkyl halides is 2. The molecule has 4 heterocycles. The molecule has 5 N–H and O–H groups in total. The van der Waals surface area contributed by atoms with Crippen molar-refractivity contribution in [1.82, 2.24) is 40.4 Å². The number of aromatic amines is 2. The number of hydrogen-bond donors (Lipinski definition) is 5. The molecule has 9 rings (SSSR count). The quantitative estimate of drug-likeness (QED) is 0.0686. The number of methoxy groups -OCH3 is 2. The van der Waals surface area contributed by atoms with Gasteiger partial charge in [0.1, 0.15) is 23.9 Å². The molecule has 66 heavy (non-hydrogen) atoms. The summed E-state index contributed by atoms with van der Waals surface area (Å²) in [4.78, 5) is 59.0. The van der Waals surface area contributed by atoms with Gasteiger partial charge in [0, 0.05) is 24.6 Å². The molecular weight excluding hydrogens is 851 g/mol. The summed E-state index contributed by atoms with van der Waals surface area (Å²) < 4.78 is 39.7. The summed E-state index contributed by atoms with van der Waals surface area (Å²) in [5.41, 5.74) is 5.87. The molecule has 3 aromatic carbocycles. The number of aliphatic hydroxyl groups is 1. The number of ether oxygens (including phenoxy) is 3. The lowest BCUT2D eigenvalue weighted by Gasteiger charge is -2.39. The van der Waals surface area contributed by atoms with E-state index in [0.29, 0.717) is 5.82 Å². The molecule has 350 valence electrons. The Morgan fingerprint density at radius 1 is 0.848 bits per heavy atom. The van der Waals surface area contributed by atoms with Gasteiger partial charge in [-0.15, -0.1) is 0 Å². The number of halogens is 2. The fourth-order valence-electron chi connectivity index (χ4n) is 10.8. The molecule has 2 aromatic heterocycles. The van der Waals surface area contributed by atoms with Gasteiger partial charge >= 0.3 is 18.8 Å². The second kappa shape index (κ2) is 18.4. The minimum atomic E-state index is -2.99. The Balaban J connectivity index is 0.888. The van der Waals surface area contributed by atoms with E-state index < -0.39 is 43.7 Å². The molecule has 2 bridgehead atoms. The number of nitrogens with one attached hydrogen (secondary N) is 4. The summed E-state index contributed by atoms with van der Waals surface area (Å²) in [5.74, 6) is 1.41. The number of nitrogens with zero attached hydrogens (tertiary/aromatic N) is 4. The molecule has 0 radical (unpaired) electrons. The van der Waals surface area contributed by atoms with E-state index >= 15 is 0 Å². The van der Waals surface area contributed by atoms with Gasteiger partial charge in [-0.2, -0.15) is 8.78 Å². The maximum absolute atomic E-state index is 14.1. The van der Waals surface area contributed by atoms with Gasteiger partial charge in [-0.05, 0) is 94.9 Å². The van der Waals surface area contributed by atoms with Crippen molar-refractivity contribution < 1.29 is 42.5 Å². The van der Waals surface area contributed by atoms with Crippen LogP contribution in [0.3, 0.4) is 0 Å². The molecule has 2 aliphatic carbocycles. The number of fused-ring (bicyclic) bond motifs is 3. The van der Waals surface area contributed by atoms with Crippen molar-refractivity contribution >= 4 is 28.9 Å². The second-order valence-corrected chi connectivity index (χ2v) is 19.0. The predicted octanol–water partition coefficient (Wildman–Crippen LogP) is 8.16. The van der Waals surface area contributed by atoms with Gasteiger partial charge in [-0.25, -0.2) is 19.6 Å². The highest BCUT2D eigenvalue weighted by molar-refractivity contribution is 5.91. The van der Waals surface area contributed by atoms with E-state index in [0.717, 1.165) is 88.9 Å². The van der Waals surface area contributed by atoms with Crippen molar-refractivity contribution in [3.63, 3.8) is 0 Å². The summed E-state index contributed by atoms with van der Waals surface area (Å²) in [5, 5.41) is 19.2. The molecule has 5 aromatic rings. The number of piperidine rings is 1. The van der Waals surface area contributed by atoms with Crippen LogP contribution < -0.4 is 10.6 Å². The Morgan fingerprint density at radius 2 is 1.45 bits per heavy atom. The highest BCUT2D eigenvalue weighted by atomic mass is 19.3. The molecule has 2 saturated heterocycles. The van der Waals surface area contributed by atoms with Crippen molar-refractivity contribution in [2.75, 3.05) is 27.4 Å². The number of benzene rings is 3. The summed E-state index contributed by atoms with van der Waals surface area (Å²) >= 11 is 0. The zero-order valence-corrected chi connectivity index (χ0v) is 37.8. The summed E-state index contributed by atoms with van der Waals surface area (Å²) in [6, 6.07) is 18.8. The Labute approximate surface area is 382 Å². The van der Waals surface area contributed by atoms with E-state index in [1.165, 1.54) is 14.2 Å². The van der Waals surface area contributed by atoms with Gasteiger partial charge in [-0.1, -0.05) is 69.3 Å². The smallest absolute Gasteiger partial charge is 0.407 e. The summed E-state index contributed by atoms with van der Waals surface area (Å²) in [6.07, 6.45) is 5.99. The Morgan fingerprint density at radius 3 is 2.12 bits per heavy atom. The summed E-state index contributed by atoms with van der Waals surface area (Å²) in [6.45, 7) is 3.38. The van der Waals surface area contributed by atoms with Gasteiger partial charge in [0.15, 0.2) is 0 Å². The minimum Gasteiger partial charge on any atom is -0.453 e. The number of aliphatic hydroxyl groups excluding tert-OH is 1. The first kappa shape index (κ1) is 45.3. The number of H-pyrrole nitrogens is 2. The standard InChI is InChI=1S/C49H58F2N8O7/c1-26(2)40(57-48(63)65-5)45(61)58-25-49(15-16-49)22-39(58)42-52-24-37(54-42)33-13-12-31-19-30(10-11-32(31)20-33)28-6-8-29(9-7-28)36-23-53-43(55-36)41-34-18-27(3)38(21-34)59(41)44(60)35(56-47(62)64-4)14-17-66-46(50)51/h6-13,19-20,23-24,26-27,34-35,38-41,45-46,61H,14-18,21-22,25H2,1-5H3,(H,52,54)(H,53,55)(H,56,62)(H,57,63)/t27-,34+,35+,38+,39+,40+,41+,45?/m1/s1. The molecule has 4 fully saturated rings. The van der Waals surface area contributed by atoms with Crippen LogP contribution in [0.25, 0.3) is 44.4 Å². The summed E-state index contributed by atoms with van der Waals surface area (Å²) in [7, 11) is 2.51. The fourth-order valence-corrected chi connectivity index (χ4v) is 10.8. The lowest BCUT2D eigenvalue weighted by molar-refractivity contribution is -0.145. The SMILES string of the molecule is COC(=O)N[C@@H](C(C)C)C(O)N1CC2(CC2)C[C@H]1c1ncc(-c2ccc3cc(-c4ccc(-c5cnc([C@@H]6[C@H]7C[C@@H](C)[C@H](C7)N6C(=O)[C@H](CCOC(F)F)NC(=O)OC)[nH]5)cc4)ccc3c2)[nH]1. The van der Waals surface area contributed by atoms with Crippen LogP contribution in [0.4, 0.5) is 18.4 Å². The monoisotopic (exact) mass is 908 g/mol. The van der Waals surface area contributed by atoms with E-state index in [-0.39, 0.29) is 53.6 Å². The van der Waals surface area contributed by atoms with E-state index in [1.807, 2.05) is 32.2 Å². The fraction of sp³-hybridized carbons (Fsp3) is 0.490. The van der Waals surface area contributed by atoms with Crippen molar-refractivity contribution in [2.45, 2.75) is 102 Å². The van der Waals surface area contributed by atoms with E-state index in [1.54, 1.807) is 11.1 Å². The molecule has 2 aliphatic heterocycles. The number of likely N-dealkylation sites (tertiary alicyclic amines) is 2. The van der Waals surface area contributed by atoms with E-state index in [2.05, 4.69) is 85.7 Å². The maximum atomic E-state index is 14.1. The van der Waals surface area contributed by atoms with Crippen LogP contribution >= 0.6 is 0 Å². The second-order valence-electron chi connectivity index (χ2n) is 19.0. The van der Waals surface area contributed by atoms with Gasteiger partial charge in [0.25, 0.3) is 0 Å². The number of aromatic nitrogens is 4. The first-order chi connectivity index (χ1) is 31.7. The molecule has 4 aliphatic rings. The van der Waals surface area contributed by atoms with E-state index in [4.69, 9.17) is 19.4 Å². The number of carbonyl (C=O) groups is 3. The Bertz CT molecular complexity index is 2560. The first-order valence-corrected chi connectivity index (χ1v) is 22.8. The number of alkyl carbamates (subject to hydrolysis) is 2. The van der Waals surface area contributed by atoms with Gasteiger partial charge in [-0.3, -0.25) is 9.69 Å². The maximum Gasteiger partial charge on any atom is 0.407 e. The van der Waals surface area contributed by atoms with Crippen molar-refractivity contribution in [3.05, 3.63) is 84.7 Å². The first-order valence-electron chi connectivity index (χ1n) is 22.8. The Hall–Kier alpha value is -5.91. The number of carbonyl (C=O) groups excluding carboxylic acids is 3. The largest absolute Gasteiger partial charge is 0.453 e. The molecule has 1 spiro atoms. The zero-order valence-electron chi connectivity index (χ0n) is 37.8. The third kappa shape index (κ3) is 8.99. The van der Waals surface area contributed by atoms with Crippen LogP contribution in [0.1, 0.15) is 83.0 Å². The molecule has 17 heteroatoms. The van der Waals surface area contributed by atoms with Crippen LogP contribution in [0.5, 0.6) is 0 Å². The zero-order chi connectivity index (χ0) is 46.4. The predicted molar refractivity (Wildman–Crippen MR) is 242 cm³/mol. The number of rotatable bonds is 15. The van der Waals surface area contributed by atoms with Crippen molar-refractivity contribution in [3.8, 4) is 33.6 Å². The topological polar surface area (TPSA) is 187 Å². The van der Waals surface area contributed by atoms with E-state index in [9.17, 15) is 28.3 Å². The third-order valence-electron chi connectivity index (χ3n) is 14.5. The van der Waals surface area contributed by atoms with Gasteiger partial charge < -0.3 is 44.8 Å².